The van der Waals surface area contributed by atoms with E-state index in [1.165, 1.54) is 56.7 Å². The summed E-state index contributed by atoms with van der Waals surface area (Å²) in [6, 6.07) is 5.78. The highest BCUT2D eigenvalue weighted by molar-refractivity contribution is 5.81. The van der Waals surface area contributed by atoms with Crippen LogP contribution in [0.15, 0.2) is 24.3 Å². The van der Waals surface area contributed by atoms with E-state index in [1.54, 1.807) is 6.07 Å². The van der Waals surface area contributed by atoms with Gasteiger partial charge >= 0.3 is 11.7 Å². The molecule has 1 aromatic carbocycles. The van der Waals surface area contributed by atoms with Crippen molar-refractivity contribution < 1.29 is 24.0 Å². The highest BCUT2D eigenvalue weighted by Crippen LogP contribution is 2.59. The first-order valence-electron chi connectivity index (χ1n) is 10.2. The van der Waals surface area contributed by atoms with Crippen LogP contribution < -0.4 is 10.1 Å². The quantitative estimate of drug-likeness (QED) is 0.407. The topological polar surface area (TPSA) is 108 Å². The van der Waals surface area contributed by atoms with Crippen LogP contribution in [0.1, 0.15) is 38.5 Å². The van der Waals surface area contributed by atoms with Crippen LogP contribution in [0, 0.1) is 33.3 Å². The number of esters is 1. The van der Waals surface area contributed by atoms with Gasteiger partial charge in [0, 0.05) is 12.6 Å². The van der Waals surface area contributed by atoms with E-state index in [-0.39, 0.29) is 29.4 Å². The molecular weight excluding hydrogens is 376 g/mol. The van der Waals surface area contributed by atoms with Crippen LogP contribution >= 0.6 is 0 Å². The van der Waals surface area contributed by atoms with E-state index < -0.39 is 17.5 Å². The van der Waals surface area contributed by atoms with Gasteiger partial charge in [-0.05, 0) is 67.8 Å². The predicted octanol–water partition coefficient (Wildman–Crippen LogP) is 2.85. The summed E-state index contributed by atoms with van der Waals surface area (Å²) in [6.07, 6.45) is 7.65. The van der Waals surface area contributed by atoms with E-state index in [0.29, 0.717) is 6.54 Å². The molecule has 4 aliphatic rings. The molecule has 1 aromatic rings. The van der Waals surface area contributed by atoms with Crippen molar-refractivity contribution in [2.75, 3.05) is 19.8 Å². The molecule has 8 heteroatoms. The number of nitro groups is 1. The SMILES string of the molecule is O=C(COC(=O)COc1ccccc1[N+](=O)[O-])NCC12CC3CC(CC(C3)C1)C2. The second-order valence-electron chi connectivity index (χ2n) is 8.87. The minimum absolute atomic E-state index is 0.0132. The summed E-state index contributed by atoms with van der Waals surface area (Å²) in [5.74, 6) is 1.37. The third-order valence-electron chi connectivity index (χ3n) is 6.60. The zero-order valence-corrected chi connectivity index (χ0v) is 16.3. The van der Waals surface area contributed by atoms with E-state index in [9.17, 15) is 19.7 Å². The van der Waals surface area contributed by atoms with Crippen LogP contribution in [0.4, 0.5) is 5.69 Å². The molecule has 0 heterocycles. The molecule has 4 bridgehead atoms. The van der Waals surface area contributed by atoms with Gasteiger partial charge in [-0.2, -0.15) is 0 Å². The Kier molecular flexibility index (Phi) is 5.43. The van der Waals surface area contributed by atoms with E-state index >= 15 is 0 Å². The maximum Gasteiger partial charge on any atom is 0.344 e. The van der Waals surface area contributed by atoms with Crippen molar-refractivity contribution in [1.82, 2.24) is 5.32 Å². The Bertz CT molecular complexity index is 773. The number of hydrogen-bond donors (Lipinski definition) is 1. The highest BCUT2D eigenvalue weighted by Gasteiger charge is 2.50. The van der Waals surface area contributed by atoms with Gasteiger partial charge in [-0.25, -0.2) is 4.79 Å². The summed E-state index contributed by atoms with van der Waals surface area (Å²) in [7, 11) is 0. The van der Waals surface area contributed by atoms with Crippen molar-refractivity contribution in [3.8, 4) is 5.75 Å². The first-order valence-corrected chi connectivity index (χ1v) is 10.2. The molecule has 156 valence electrons. The monoisotopic (exact) mass is 402 g/mol. The molecule has 29 heavy (non-hydrogen) atoms. The van der Waals surface area contributed by atoms with Gasteiger partial charge in [-0.1, -0.05) is 12.1 Å². The van der Waals surface area contributed by atoms with Crippen LogP contribution in [-0.4, -0.2) is 36.6 Å². The Balaban J connectivity index is 1.19. The van der Waals surface area contributed by atoms with Crippen molar-refractivity contribution >= 4 is 17.6 Å². The van der Waals surface area contributed by atoms with Gasteiger partial charge < -0.3 is 14.8 Å². The summed E-state index contributed by atoms with van der Waals surface area (Å²) in [5, 5.41) is 13.9. The Labute approximate surface area is 169 Å². The molecule has 4 aliphatic carbocycles. The number of para-hydroxylation sites is 2. The van der Waals surface area contributed by atoms with Crippen molar-refractivity contribution in [3.05, 3.63) is 34.4 Å². The standard InChI is InChI=1S/C21H26N2O6/c24-19(22-13-21-8-14-5-15(9-21)7-16(6-14)10-21)11-29-20(25)12-28-18-4-2-1-3-17(18)23(26)27/h1-4,14-16H,5-13H2,(H,22,24). The summed E-state index contributed by atoms with van der Waals surface area (Å²) in [6.45, 7) is -0.210. The number of carbonyl (C=O) groups excluding carboxylic acids is 2. The first kappa shape index (κ1) is 19.7. The lowest BCUT2D eigenvalue weighted by atomic mass is 9.49. The second-order valence-corrected chi connectivity index (χ2v) is 8.87. The van der Waals surface area contributed by atoms with Gasteiger partial charge in [0.05, 0.1) is 4.92 Å². The van der Waals surface area contributed by atoms with Crippen molar-refractivity contribution in [2.45, 2.75) is 38.5 Å². The van der Waals surface area contributed by atoms with E-state index in [4.69, 9.17) is 9.47 Å². The summed E-state index contributed by atoms with van der Waals surface area (Å²) in [4.78, 5) is 34.3. The Morgan fingerprint density at radius 1 is 1.07 bits per heavy atom. The molecule has 0 aromatic heterocycles. The Hall–Kier alpha value is -2.64. The summed E-state index contributed by atoms with van der Waals surface area (Å²) >= 11 is 0. The molecular formula is C21H26N2O6. The predicted molar refractivity (Wildman–Crippen MR) is 103 cm³/mol. The maximum atomic E-state index is 12.1. The summed E-state index contributed by atoms with van der Waals surface area (Å²) < 4.78 is 10.1. The molecule has 0 unspecified atom stereocenters. The van der Waals surface area contributed by atoms with E-state index in [1.807, 2.05) is 0 Å². The Morgan fingerprint density at radius 2 is 1.69 bits per heavy atom. The van der Waals surface area contributed by atoms with Crippen molar-refractivity contribution in [2.24, 2.45) is 23.2 Å². The number of nitro benzene ring substituents is 1. The molecule has 0 saturated heterocycles. The van der Waals surface area contributed by atoms with E-state index in [2.05, 4.69) is 5.32 Å². The van der Waals surface area contributed by atoms with Gasteiger partial charge in [0.25, 0.3) is 5.91 Å². The van der Waals surface area contributed by atoms with Gasteiger partial charge in [-0.15, -0.1) is 0 Å². The number of carbonyl (C=O) groups is 2. The second kappa shape index (κ2) is 8.00. The fourth-order valence-electron chi connectivity index (χ4n) is 5.90. The maximum absolute atomic E-state index is 12.1. The smallest absolute Gasteiger partial charge is 0.344 e. The minimum Gasteiger partial charge on any atom is -0.475 e. The Morgan fingerprint density at radius 3 is 2.31 bits per heavy atom. The molecule has 8 nitrogen and oxygen atoms in total. The normalized spacial score (nSPS) is 29.3. The lowest BCUT2D eigenvalue weighted by Gasteiger charge is -2.56. The molecule has 1 amide bonds. The summed E-state index contributed by atoms with van der Waals surface area (Å²) in [5.41, 5.74) is -0.00217. The number of ether oxygens (including phenoxy) is 2. The molecule has 1 N–H and O–H groups in total. The zero-order chi connectivity index (χ0) is 20.4. The average molecular weight is 402 g/mol. The van der Waals surface area contributed by atoms with Crippen molar-refractivity contribution in [1.29, 1.82) is 0 Å². The van der Waals surface area contributed by atoms with Crippen molar-refractivity contribution in [3.63, 3.8) is 0 Å². The number of rotatable bonds is 8. The van der Waals surface area contributed by atoms with E-state index in [0.717, 1.165) is 17.8 Å². The zero-order valence-electron chi connectivity index (χ0n) is 16.3. The molecule has 5 rings (SSSR count). The molecule has 0 atom stereocenters. The molecule has 0 spiro atoms. The van der Waals surface area contributed by atoms with Crippen LogP contribution in [0.3, 0.4) is 0 Å². The van der Waals surface area contributed by atoms with Crippen LogP contribution in [0.25, 0.3) is 0 Å². The van der Waals surface area contributed by atoms with Crippen LogP contribution in [-0.2, 0) is 14.3 Å². The lowest BCUT2D eigenvalue weighted by Crippen LogP contribution is -2.51. The van der Waals surface area contributed by atoms with Crippen LogP contribution in [0.2, 0.25) is 0 Å². The molecule has 0 radical (unpaired) electrons. The van der Waals surface area contributed by atoms with Gasteiger partial charge in [0.15, 0.2) is 19.0 Å². The fraction of sp³-hybridized carbons (Fsp3) is 0.619. The van der Waals surface area contributed by atoms with Gasteiger partial charge in [0.2, 0.25) is 0 Å². The molecule has 4 saturated carbocycles. The average Bonchev–Trinajstić information content (AvgIpc) is 2.68. The number of benzene rings is 1. The molecule has 0 aliphatic heterocycles. The lowest BCUT2D eigenvalue weighted by molar-refractivity contribution is -0.385. The van der Waals surface area contributed by atoms with Gasteiger partial charge in [-0.3, -0.25) is 14.9 Å². The number of nitrogens with one attached hydrogen (secondary N) is 1. The third kappa shape index (κ3) is 4.52. The van der Waals surface area contributed by atoms with Crippen LogP contribution in [0.5, 0.6) is 5.75 Å². The number of amides is 1. The first-order chi connectivity index (χ1) is 13.9. The minimum atomic E-state index is -0.742. The number of hydrogen-bond acceptors (Lipinski definition) is 6. The number of nitrogens with zero attached hydrogens (tertiary/aromatic N) is 1. The highest BCUT2D eigenvalue weighted by atomic mass is 16.6. The van der Waals surface area contributed by atoms with Gasteiger partial charge in [0.1, 0.15) is 0 Å². The molecule has 4 fully saturated rings. The third-order valence-corrected chi connectivity index (χ3v) is 6.60. The largest absolute Gasteiger partial charge is 0.475 e. The fourth-order valence-corrected chi connectivity index (χ4v) is 5.90.